The molecule has 1 heterocycles. The van der Waals surface area contributed by atoms with Crippen LogP contribution in [0.4, 0.5) is 0 Å². The maximum atomic E-state index is 9.74. The van der Waals surface area contributed by atoms with Crippen molar-refractivity contribution < 1.29 is 5.11 Å². The summed E-state index contributed by atoms with van der Waals surface area (Å²) in [4.78, 5) is 4.70. The summed E-state index contributed by atoms with van der Waals surface area (Å²) < 4.78 is 3.11. The van der Waals surface area contributed by atoms with Crippen LogP contribution in [0.25, 0.3) is 22.4 Å². The number of hydrogen-bond donors (Lipinski definition) is 1. The lowest BCUT2D eigenvalue weighted by Gasteiger charge is -2.14. The van der Waals surface area contributed by atoms with Crippen LogP contribution in [0, 0.1) is 0 Å². The van der Waals surface area contributed by atoms with Crippen LogP contribution < -0.4 is 0 Å². The fourth-order valence-corrected chi connectivity index (χ4v) is 3.02. The largest absolute Gasteiger partial charge is 0.508 e. The van der Waals surface area contributed by atoms with Gasteiger partial charge in [-0.2, -0.15) is 0 Å². The number of aromatic nitrogens is 2. The zero-order valence-corrected chi connectivity index (χ0v) is 14.0. The van der Waals surface area contributed by atoms with Crippen LogP contribution in [0.5, 0.6) is 5.75 Å². The van der Waals surface area contributed by atoms with Gasteiger partial charge in [0.1, 0.15) is 11.6 Å². The molecule has 0 aliphatic carbocycles. The highest BCUT2D eigenvalue weighted by molar-refractivity contribution is 9.10. The van der Waals surface area contributed by atoms with Gasteiger partial charge in [0.15, 0.2) is 0 Å². The van der Waals surface area contributed by atoms with Gasteiger partial charge in [-0.25, -0.2) is 4.98 Å². The van der Waals surface area contributed by atoms with Gasteiger partial charge in [0.05, 0.1) is 16.1 Å². The minimum absolute atomic E-state index is 0.179. The van der Waals surface area contributed by atoms with Crippen molar-refractivity contribution in [3.05, 3.63) is 45.9 Å². The summed E-state index contributed by atoms with van der Waals surface area (Å²) in [6.45, 7) is 4.20. The lowest BCUT2D eigenvalue weighted by Crippen LogP contribution is -2.03. The third-order valence-corrected chi connectivity index (χ3v) is 4.18. The van der Waals surface area contributed by atoms with Crippen molar-refractivity contribution in [2.75, 3.05) is 0 Å². The molecule has 0 saturated heterocycles. The lowest BCUT2D eigenvalue weighted by molar-refractivity contribution is 0.475. The van der Waals surface area contributed by atoms with Crippen molar-refractivity contribution in [2.24, 2.45) is 0 Å². The Morgan fingerprint density at radius 2 is 1.95 bits per heavy atom. The molecule has 3 aromatic rings. The van der Waals surface area contributed by atoms with Gasteiger partial charge in [-0.3, -0.25) is 0 Å². The van der Waals surface area contributed by atoms with Gasteiger partial charge in [0.2, 0.25) is 0 Å². The number of benzene rings is 2. The van der Waals surface area contributed by atoms with Gasteiger partial charge >= 0.3 is 0 Å². The molecule has 0 aliphatic rings. The Hall–Kier alpha value is -1.52. The van der Waals surface area contributed by atoms with E-state index >= 15 is 0 Å². The van der Waals surface area contributed by atoms with Crippen molar-refractivity contribution in [1.29, 1.82) is 0 Å². The van der Waals surface area contributed by atoms with Crippen molar-refractivity contribution in [2.45, 2.75) is 19.9 Å². The lowest BCUT2D eigenvalue weighted by atomic mass is 10.2. The Kier molecular flexibility index (Phi) is 3.68. The first-order valence-electron chi connectivity index (χ1n) is 6.63. The summed E-state index contributed by atoms with van der Waals surface area (Å²) in [6, 6.07) is 11.1. The van der Waals surface area contributed by atoms with Crippen LogP contribution in [-0.2, 0) is 0 Å². The smallest absolute Gasteiger partial charge is 0.143 e. The van der Waals surface area contributed by atoms with E-state index in [-0.39, 0.29) is 11.8 Å². The molecule has 3 nitrogen and oxygen atoms in total. The Bertz CT molecular complexity index is 827. The van der Waals surface area contributed by atoms with Crippen LogP contribution in [0.2, 0.25) is 5.02 Å². The monoisotopic (exact) mass is 364 g/mol. The number of fused-ring (bicyclic) bond motifs is 1. The average Bonchev–Trinajstić information content (AvgIpc) is 2.79. The van der Waals surface area contributed by atoms with Crippen molar-refractivity contribution in [3.63, 3.8) is 0 Å². The molecule has 5 heteroatoms. The molecule has 3 rings (SSSR count). The minimum Gasteiger partial charge on any atom is -0.508 e. The van der Waals surface area contributed by atoms with Crippen LogP contribution in [0.1, 0.15) is 19.9 Å². The summed E-state index contributed by atoms with van der Waals surface area (Å²) in [5, 5.41) is 10.3. The van der Waals surface area contributed by atoms with Gasteiger partial charge in [0, 0.05) is 16.1 Å². The predicted octanol–water partition coefficient (Wildman–Crippen LogP) is 5.41. The van der Waals surface area contributed by atoms with E-state index in [0.717, 1.165) is 26.9 Å². The van der Waals surface area contributed by atoms with Gasteiger partial charge in [-0.1, -0.05) is 27.5 Å². The number of phenols is 1. The highest BCUT2D eigenvalue weighted by atomic mass is 79.9. The highest BCUT2D eigenvalue weighted by Gasteiger charge is 2.17. The normalized spacial score (nSPS) is 11.5. The zero-order valence-electron chi connectivity index (χ0n) is 11.6. The number of rotatable bonds is 2. The van der Waals surface area contributed by atoms with Crippen LogP contribution in [0.15, 0.2) is 40.9 Å². The Labute approximate surface area is 136 Å². The van der Waals surface area contributed by atoms with Crippen LogP contribution in [-0.4, -0.2) is 14.7 Å². The molecule has 0 radical (unpaired) electrons. The average molecular weight is 366 g/mol. The van der Waals surface area contributed by atoms with Gasteiger partial charge in [0.25, 0.3) is 0 Å². The van der Waals surface area contributed by atoms with Gasteiger partial charge in [-0.15, -0.1) is 0 Å². The van der Waals surface area contributed by atoms with Crippen molar-refractivity contribution in [3.8, 4) is 17.1 Å². The Morgan fingerprint density at radius 3 is 2.67 bits per heavy atom. The molecule has 0 amide bonds. The first-order valence-corrected chi connectivity index (χ1v) is 7.81. The third kappa shape index (κ3) is 2.54. The molecule has 0 bridgehead atoms. The summed E-state index contributed by atoms with van der Waals surface area (Å²) in [7, 11) is 0. The SMILES string of the molecule is CC(C)n1c(-c2cc(O)ccc2Cl)nc2cc(Br)ccc21. The predicted molar refractivity (Wildman–Crippen MR) is 89.9 cm³/mol. The van der Waals surface area contributed by atoms with E-state index in [1.54, 1.807) is 18.2 Å². The molecule has 0 saturated carbocycles. The molecule has 21 heavy (non-hydrogen) atoms. The van der Waals surface area contributed by atoms with E-state index in [0.29, 0.717) is 5.02 Å². The molecule has 0 atom stereocenters. The van der Waals surface area contributed by atoms with Gasteiger partial charge < -0.3 is 9.67 Å². The molecular formula is C16H14BrClN2O. The number of hydrogen-bond acceptors (Lipinski definition) is 2. The van der Waals surface area contributed by atoms with Crippen molar-refractivity contribution >= 4 is 38.6 Å². The molecule has 0 aliphatic heterocycles. The second kappa shape index (κ2) is 5.35. The molecule has 108 valence electrons. The highest BCUT2D eigenvalue weighted by Crippen LogP contribution is 2.35. The molecule has 0 unspecified atom stereocenters. The van der Waals surface area contributed by atoms with E-state index in [2.05, 4.69) is 34.3 Å². The molecule has 2 aromatic carbocycles. The number of phenolic OH excluding ortho intramolecular Hbond substituents is 1. The van der Waals surface area contributed by atoms with Crippen LogP contribution >= 0.6 is 27.5 Å². The topological polar surface area (TPSA) is 38.0 Å². The minimum atomic E-state index is 0.179. The standard InChI is InChI=1S/C16H14BrClN2O/c1-9(2)20-15-6-3-10(17)7-14(15)19-16(20)12-8-11(21)4-5-13(12)18/h3-9,21H,1-2H3. The van der Waals surface area contributed by atoms with E-state index in [1.807, 2.05) is 18.2 Å². The van der Waals surface area contributed by atoms with E-state index < -0.39 is 0 Å². The number of imidazole rings is 1. The maximum Gasteiger partial charge on any atom is 0.143 e. The molecule has 1 N–H and O–H groups in total. The quantitative estimate of drug-likeness (QED) is 0.659. The Morgan fingerprint density at radius 1 is 1.19 bits per heavy atom. The maximum absolute atomic E-state index is 9.74. The molecular weight excluding hydrogens is 352 g/mol. The number of nitrogens with zero attached hydrogens (tertiary/aromatic N) is 2. The fourth-order valence-electron chi connectivity index (χ4n) is 2.47. The number of aromatic hydroxyl groups is 1. The first-order chi connectivity index (χ1) is 9.97. The third-order valence-electron chi connectivity index (χ3n) is 3.36. The summed E-state index contributed by atoms with van der Waals surface area (Å²) in [5.41, 5.74) is 2.67. The van der Waals surface area contributed by atoms with Gasteiger partial charge in [-0.05, 0) is 50.2 Å². The molecule has 0 spiro atoms. The zero-order chi connectivity index (χ0) is 15.1. The van der Waals surface area contributed by atoms with E-state index in [9.17, 15) is 5.11 Å². The number of halogens is 2. The van der Waals surface area contributed by atoms with E-state index in [1.165, 1.54) is 0 Å². The summed E-state index contributed by atoms with van der Waals surface area (Å²) in [5.74, 6) is 0.942. The first kappa shape index (κ1) is 14.4. The van der Waals surface area contributed by atoms with Crippen LogP contribution in [0.3, 0.4) is 0 Å². The molecule has 0 fully saturated rings. The Balaban J connectivity index is 2.36. The fraction of sp³-hybridized carbons (Fsp3) is 0.188. The van der Waals surface area contributed by atoms with Crippen molar-refractivity contribution in [1.82, 2.24) is 9.55 Å². The van der Waals surface area contributed by atoms with E-state index in [4.69, 9.17) is 16.6 Å². The second-order valence-electron chi connectivity index (χ2n) is 5.20. The summed E-state index contributed by atoms with van der Waals surface area (Å²) in [6.07, 6.45) is 0. The molecule has 1 aromatic heterocycles. The second-order valence-corrected chi connectivity index (χ2v) is 6.52. The summed E-state index contributed by atoms with van der Waals surface area (Å²) >= 11 is 9.76.